The summed E-state index contributed by atoms with van der Waals surface area (Å²) in [6.45, 7) is 7.79. The molecule has 2 heterocycles. The fourth-order valence-electron chi connectivity index (χ4n) is 2.64. The van der Waals surface area contributed by atoms with Gasteiger partial charge in [-0.15, -0.1) is 0 Å². The van der Waals surface area contributed by atoms with E-state index < -0.39 is 0 Å². The Bertz CT molecular complexity index is 542. The molecule has 0 aliphatic carbocycles. The van der Waals surface area contributed by atoms with E-state index in [1.54, 1.807) is 0 Å². The SMILES string of the molecule is C/C(=C\COC1CCCCO1)CC/C=C(\C)COC(=O)CCC1(C)N=N1. The van der Waals surface area contributed by atoms with Crippen LogP contribution in [0.25, 0.3) is 0 Å². The first-order valence-electron chi connectivity index (χ1n) is 9.61. The molecule has 0 spiro atoms. The lowest BCUT2D eigenvalue weighted by molar-refractivity contribution is -0.155. The molecule has 0 N–H and O–H groups in total. The monoisotopic (exact) mass is 364 g/mol. The molecule has 0 aromatic carbocycles. The average molecular weight is 364 g/mol. The predicted octanol–water partition coefficient (Wildman–Crippen LogP) is 4.71. The molecule has 6 nitrogen and oxygen atoms in total. The molecular weight excluding hydrogens is 332 g/mol. The molecule has 1 unspecified atom stereocenters. The highest BCUT2D eigenvalue weighted by molar-refractivity contribution is 5.69. The van der Waals surface area contributed by atoms with Crippen molar-refractivity contribution in [2.24, 2.45) is 10.2 Å². The van der Waals surface area contributed by atoms with E-state index in [1.165, 1.54) is 12.0 Å². The minimum Gasteiger partial charge on any atom is -0.461 e. The van der Waals surface area contributed by atoms with Crippen molar-refractivity contribution in [2.75, 3.05) is 19.8 Å². The van der Waals surface area contributed by atoms with E-state index in [2.05, 4.69) is 29.3 Å². The molecule has 2 rings (SSSR count). The molecule has 146 valence electrons. The normalized spacial score (nSPS) is 22.3. The Kier molecular flexibility index (Phi) is 8.45. The van der Waals surface area contributed by atoms with Crippen LogP contribution in [0.2, 0.25) is 0 Å². The molecular formula is C20H32N2O4. The van der Waals surface area contributed by atoms with E-state index in [1.807, 2.05) is 13.8 Å². The first-order valence-corrected chi connectivity index (χ1v) is 9.61. The number of hydrogen-bond acceptors (Lipinski definition) is 6. The third-order valence-corrected chi connectivity index (χ3v) is 4.59. The molecule has 6 heteroatoms. The molecule has 0 aromatic heterocycles. The molecule has 2 aliphatic rings. The number of carbonyl (C=O) groups is 1. The van der Waals surface area contributed by atoms with Gasteiger partial charge in [-0.25, -0.2) is 0 Å². The van der Waals surface area contributed by atoms with Gasteiger partial charge in [-0.2, -0.15) is 10.2 Å². The van der Waals surface area contributed by atoms with Crippen LogP contribution in [0, 0.1) is 0 Å². The van der Waals surface area contributed by atoms with Gasteiger partial charge >= 0.3 is 5.97 Å². The van der Waals surface area contributed by atoms with Crippen molar-refractivity contribution in [3.63, 3.8) is 0 Å². The van der Waals surface area contributed by atoms with Crippen LogP contribution in [0.5, 0.6) is 0 Å². The Morgan fingerprint density at radius 3 is 2.69 bits per heavy atom. The molecule has 0 aromatic rings. The van der Waals surface area contributed by atoms with Gasteiger partial charge < -0.3 is 14.2 Å². The summed E-state index contributed by atoms with van der Waals surface area (Å²) in [5.74, 6) is -0.186. The molecule has 0 saturated carbocycles. The van der Waals surface area contributed by atoms with Gasteiger partial charge in [0.1, 0.15) is 6.61 Å². The largest absolute Gasteiger partial charge is 0.461 e. The first-order chi connectivity index (χ1) is 12.5. The molecule has 1 saturated heterocycles. The summed E-state index contributed by atoms with van der Waals surface area (Å²) in [6, 6.07) is 0. The van der Waals surface area contributed by atoms with Crippen molar-refractivity contribution in [2.45, 2.75) is 77.7 Å². The third-order valence-electron chi connectivity index (χ3n) is 4.59. The van der Waals surface area contributed by atoms with E-state index in [4.69, 9.17) is 14.2 Å². The van der Waals surface area contributed by atoms with Gasteiger partial charge in [0.15, 0.2) is 12.0 Å². The number of nitrogens with zero attached hydrogens (tertiary/aromatic N) is 2. The number of carbonyl (C=O) groups excluding carboxylic acids is 1. The summed E-state index contributed by atoms with van der Waals surface area (Å²) >= 11 is 0. The standard InChI is InChI=1S/C20H32N2O4/c1-16(11-14-25-19-9-4-5-13-24-19)7-6-8-17(2)15-26-18(23)10-12-20(3)21-22-20/h8,11,19H,4-7,9-10,12-15H2,1-3H3/b16-11+,17-8+. The molecule has 2 aliphatic heterocycles. The number of rotatable bonds is 11. The maximum Gasteiger partial charge on any atom is 0.306 e. The molecule has 0 amide bonds. The van der Waals surface area contributed by atoms with Gasteiger partial charge in [0.25, 0.3) is 0 Å². The van der Waals surface area contributed by atoms with Gasteiger partial charge in [-0.3, -0.25) is 4.79 Å². The minimum absolute atomic E-state index is 0.0329. The summed E-state index contributed by atoms with van der Waals surface area (Å²) in [5.41, 5.74) is 2.04. The van der Waals surface area contributed by atoms with Gasteiger partial charge in [0, 0.05) is 19.4 Å². The lowest BCUT2D eigenvalue weighted by atomic mass is 10.1. The summed E-state index contributed by atoms with van der Waals surface area (Å²) in [5, 5.41) is 7.78. The Morgan fingerprint density at radius 1 is 1.19 bits per heavy atom. The maximum absolute atomic E-state index is 11.7. The molecule has 1 fully saturated rings. The molecule has 26 heavy (non-hydrogen) atoms. The summed E-state index contributed by atoms with van der Waals surface area (Å²) in [4.78, 5) is 11.7. The van der Waals surface area contributed by atoms with Crippen LogP contribution in [0.1, 0.15) is 65.7 Å². The van der Waals surface area contributed by atoms with Gasteiger partial charge in [-0.05, 0) is 58.4 Å². The van der Waals surface area contributed by atoms with Gasteiger partial charge in [0.05, 0.1) is 6.61 Å². The van der Waals surface area contributed by atoms with Crippen molar-refractivity contribution < 1.29 is 19.0 Å². The first kappa shape index (κ1) is 20.8. The van der Waals surface area contributed by atoms with Crippen molar-refractivity contribution in [3.8, 4) is 0 Å². The Morgan fingerprint density at radius 2 is 2.00 bits per heavy atom. The van der Waals surface area contributed by atoms with Crippen molar-refractivity contribution >= 4 is 5.97 Å². The van der Waals surface area contributed by atoms with E-state index in [-0.39, 0.29) is 17.9 Å². The number of allylic oxidation sites excluding steroid dienone is 2. The zero-order valence-electron chi connectivity index (χ0n) is 16.3. The average Bonchev–Trinajstić information content (AvgIpc) is 3.37. The quantitative estimate of drug-likeness (QED) is 0.393. The molecule has 1 atom stereocenters. The van der Waals surface area contributed by atoms with E-state index >= 15 is 0 Å². The van der Waals surface area contributed by atoms with Gasteiger partial charge in [-0.1, -0.05) is 17.7 Å². The van der Waals surface area contributed by atoms with Crippen LogP contribution in [0.15, 0.2) is 33.5 Å². The Hall–Kier alpha value is -1.53. The van der Waals surface area contributed by atoms with Crippen molar-refractivity contribution in [1.29, 1.82) is 0 Å². The highest BCUT2D eigenvalue weighted by atomic mass is 16.7. The van der Waals surface area contributed by atoms with Crippen LogP contribution in [0.3, 0.4) is 0 Å². The molecule has 0 radical (unpaired) electrons. The fraction of sp³-hybridized carbons (Fsp3) is 0.750. The topological polar surface area (TPSA) is 69.5 Å². The number of hydrogen-bond donors (Lipinski definition) is 0. The van der Waals surface area contributed by atoms with Crippen molar-refractivity contribution in [3.05, 3.63) is 23.3 Å². The second-order valence-corrected chi connectivity index (χ2v) is 7.35. The number of ether oxygens (including phenoxy) is 3. The number of esters is 1. The summed E-state index contributed by atoms with van der Waals surface area (Å²) < 4.78 is 16.5. The summed E-state index contributed by atoms with van der Waals surface area (Å²) in [7, 11) is 0. The third kappa shape index (κ3) is 8.72. The highest BCUT2D eigenvalue weighted by Crippen LogP contribution is 2.31. The second-order valence-electron chi connectivity index (χ2n) is 7.35. The molecule has 0 bridgehead atoms. The zero-order valence-corrected chi connectivity index (χ0v) is 16.3. The minimum atomic E-state index is -0.333. The summed E-state index contributed by atoms with van der Waals surface area (Å²) in [6.07, 6.45) is 10.4. The Labute approximate surface area is 156 Å². The van der Waals surface area contributed by atoms with Crippen LogP contribution in [-0.2, 0) is 19.0 Å². The smallest absolute Gasteiger partial charge is 0.306 e. The van der Waals surface area contributed by atoms with Crippen LogP contribution in [0.4, 0.5) is 0 Å². The maximum atomic E-state index is 11.7. The van der Waals surface area contributed by atoms with Crippen LogP contribution < -0.4 is 0 Å². The van der Waals surface area contributed by atoms with Gasteiger partial charge in [0.2, 0.25) is 0 Å². The van der Waals surface area contributed by atoms with Crippen LogP contribution >= 0.6 is 0 Å². The van der Waals surface area contributed by atoms with E-state index in [0.717, 1.165) is 37.9 Å². The van der Waals surface area contributed by atoms with E-state index in [0.29, 0.717) is 26.1 Å². The van der Waals surface area contributed by atoms with Crippen molar-refractivity contribution in [1.82, 2.24) is 0 Å². The van der Waals surface area contributed by atoms with Crippen LogP contribution in [-0.4, -0.2) is 37.7 Å². The Balaban J connectivity index is 1.52. The highest BCUT2D eigenvalue weighted by Gasteiger charge is 2.34. The lowest BCUT2D eigenvalue weighted by Gasteiger charge is -2.22. The second kappa shape index (κ2) is 10.6. The van der Waals surface area contributed by atoms with E-state index in [9.17, 15) is 4.79 Å². The zero-order chi connectivity index (χ0) is 18.8. The lowest BCUT2D eigenvalue weighted by Crippen LogP contribution is -2.22. The predicted molar refractivity (Wildman–Crippen MR) is 99.7 cm³/mol. The fourth-order valence-corrected chi connectivity index (χ4v) is 2.64.